The number of carbonyl (C=O) groups excluding carboxylic acids is 1. The van der Waals surface area contributed by atoms with Crippen LogP contribution in [-0.4, -0.2) is 35.1 Å². The molecule has 0 radical (unpaired) electrons. The highest BCUT2D eigenvalue weighted by Crippen LogP contribution is 2.29. The van der Waals surface area contributed by atoms with Crippen LogP contribution in [-0.2, 0) is 11.6 Å². The van der Waals surface area contributed by atoms with E-state index in [0.717, 1.165) is 12.3 Å². The number of likely N-dealkylation sites (tertiary alicyclic amines) is 1. The van der Waals surface area contributed by atoms with Crippen molar-refractivity contribution in [1.82, 2.24) is 9.88 Å². The zero-order valence-corrected chi connectivity index (χ0v) is 15.9. The Balaban J connectivity index is 1.47. The van der Waals surface area contributed by atoms with E-state index in [1.165, 1.54) is 11.6 Å². The Morgan fingerprint density at radius 3 is 2.18 bits per heavy atom. The Hall–Kier alpha value is -2.77. The molecule has 8 heteroatoms. The fraction of sp³-hybridized carbons (Fsp3) is 0.400. The molecule has 1 N–H and O–H groups in total. The van der Waals surface area contributed by atoms with Crippen molar-refractivity contribution in [2.75, 3.05) is 18.4 Å². The number of pyridine rings is 1. The minimum atomic E-state index is -4.43. The number of nitrogens with zero attached hydrogens (tertiary/aromatic N) is 2. The Kier molecular flexibility index (Phi) is 5.23. The summed E-state index contributed by atoms with van der Waals surface area (Å²) in [5.74, 6) is 0.107. The Labute approximate surface area is 161 Å². The van der Waals surface area contributed by atoms with Gasteiger partial charge in [-0.05, 0) is 29.2 Å². The summed E-state index contributed by atoms with van der Waals surface area (Å²) in [6.07, 6.45) is -3.99. The summed E-state index contributed by atoms with van der Waals surface area (Å²) in [7, 11) is 0. The summed E-state index contributed by atoms with van der Waals surface area (Å²) in [5, 5.41) is 2.82. The van der Waals surface area contributed by atoms with Gasteiger partial charge in [0.1, 0.15) is 6.10 Å². The Morgan fingerprint density at radius 1 is 1.07 bits per heavy atom. The maximum Gasteiger partial charge on any atom is 0.417 e. The van der Waals surface area contributed by atoms with Crippen LogP contribution in [0.3, 0.4) is 0 Å². The second kappa shape index (κ2) is 7.33. The molecule has 5 nitrogen and oxygen atoms in total. The molecule has 28 heavy (non-hydrogen) atoms. The van der Waals surface area contributed by atoms with E-state index in [2.05, 4.69) is 31.1 Å². The molecule has 1 saturated heterocycles. The molecule has 0 atom stereocenters. The number of urea groups is 1. The van der Waals surface area contributed by atoms with Gasteiger partial charge in [0.05, 0.1) is 18.7 Å². The van der Waals surface area contributed by atoms with Gasteiger partial charge in [-0.25, -0.2) is 9.78 Å². The summed E-state index contributed by atoms with van der Waals surface area (Å²) in [6.45, 7) is 7.04. The number of ether oxygens (including phenoxy) is 1. The summed E-state index contributed by atoms with van der Waals surface area (Å²) in [4.78, 5) is 17.5. The molecule has 1 aromatic carbocycles. The topological polar surface area (TPSA) is 54.5 Å². The number of hydrogen-bond donors (Lipinski definition) is 1. The van der Waals surface area contributed by atoms with E-state index in [9.17, 15) is 18.0 Å². The molecule has 3 rings (SSSR count). The lowest BCUT2D eigenvalue weighted by Crippen LogP contribution is -2.57. The molecular formula is C20H22F3N3O2. The molecule has 1 aliphatic heterocycles. The number of amides is 2. The van der Waals surface area contributed by atoms with Crippen LogP contribution in [0.5, 0.6) is 5.88 Å². The molecule has 0 unspecified atom stereocenters. The van der Waals surface area contributed by atoms with Crippen molar-refractivity contribution in [2.24, 2.45) is 0 Å². The van der Waals surface area contributed by atoms with Gasteiger partial charge in [0.15, 0.2) is 0 Å². The van der Waals surface area contributed by atoms with Crippen molar-refractivity contribution in [3.63, 3.8) is 0 Å². The number of anilines is 1. The van der Waals surface area contributed by atoms with Gasteiger partial charge in [0, 0.05) is 18.0 Å². The van der Waals surface area contributed by atoms with Crippen LogP contribution in [0.1, 0.15) is 31.9 Å². The minimum absolute atomic E-state index is 0.0386. The third kappa shape index (κ3) is 4.74. The zero-order chi connectivity index (χ0) is 20.5. The Bertz CT molecular complexity index is 822. The van der Waals surface area contributed by atoms with Crippen LogP contribution < -0.4 is 10.1 Å². The number of alkyl halides is 3. The fourth-order valence-corrected chi connectivity index (χ4v) is 2.72. The normalized spacial score (nSPS) is 15.1. The third-order valence-electron chi connectivity index (χ3n) is 4.49. The van der Waals surface area contributed by atoms with Gasteiger partial charge >= 0.3 is 12.2 Å². The van der Waals surface area contributed by atoms with Crippen molar-refractivity contribution in [2.45, 2.75) is 38.5 Å². The van der Waals surface area contributed by atoms with Gasteiger partial charge in [-0.15, -0.1) is 0 Å². The van der Waals surface area contributed by atoms with Crippen LogP contribution in [0.15, 0.2) is 42.6 Å². The highest BCUT2D eigenvalue weighted by Gasteiger charge is 2.34. The third-order valence-corrected chi connectivity index (χ3v) is 4.49. The van der Waals surface area contributed by atoms with Crippen LogP contribution in [0, 0.1) is 0 Å². The average molecular weight is 393 g/mol. The van der Waals surface area contributed by atoms with Gasteiger partial charge in [-0.1, -0.05) is 32.9 Å². The molecule has 1 aliphatic rings. The largest absolute Gasteiger partial charge is 0.471 e. The first-order valence-electron chi connectivity index (χ1n) is 8.89. The highest BCUT2D eigenvalue weighted by atomic mass is 19.4. The molecule has 0 spiro atoms. The minimum Gasteiger partial charge on any atom is -0.471 e. The van der Waals surface area contributed by atoms with Gasteiger partial charge in [-0.3, -0.25) is 0 Å². The first kappa shape index (κ1) is 20.0. The molecule has 2 aromatic rings. The lowest BCUT2D eigenvalue weighted by molar-refractivity contribution is -0.137. The van der Waals surface area contributed by atoms with E-state index in [-0.39, 0.29) is 23.4 Å². The summed E-state index contributed by atoms with van der Waals surface area (Å²) >= 11 is 0. The molecular weight excluding hydrogens is 371 g/mol. The van der Waals surface area contributed by atoms with Gasteiger partial charge in [-0.2, -0.15) is 13.2 Å². The van der Waals surface area contributed by atoms with Crippen LogP contribution in [0.4, 0.5) is 23.7 Å². The molecule has 0 bridgehead atoms. The van der Waals surface area contributed by atoms with E-state index in [0.29, 0.717) is 18.8 Å². The number of halogens is 3. The second-order valence-electron chi connectivity index (χ2n) is 7.79. The SMILES string of the molecule is CC(C)(C)c1ccc(NC(=O)N2CC(Oc3ccc(C(F)(F)F)cn3)C2)cc1. The predicted molar refractivity (Wildman–Crippen MR) is 99.4 cm³/mol. The van der Waals surface area contributed by atoms with E-state index in [4.69, 9.17) is 4.74 Å². The lowest BCUT2D eigenvalue weighted by Gasteiger charge is -2.38. The molecule has 0 aliphatic carbocycles. The number of carbonyl (C=O) groups is 1. The highest BCUT2D eigenvalue weighted by molar-refractivity contribution is 5.89. The predicted octanol–water partition coefficient (Wildman–Crippen LogP) is 4.69. The van der Waals surface area contributed by atoms with E-state index in [1.54, 1.807) is 4.90 Å². The van der Waals surface area contributed by atoms with E-state index < -0.39 is 11.7 Å². The molecule has 2 amide bonds. The lowest BCUT2D eigenvalue weighted by atomic mass is 9.87. The van der Waals surface area contributed by atoms with Gasteiger partial charge < -0.3 is 15.0 Å². The molecule has 150 valence electrons. The quantitative estimate of drug-likeness (QED) is 0.823. The van der Waals surface area contributed by atoms with Gasteiger partial charge in [0.25, 0.3) is 0 Å². The van der Waals surface area contributed by atoms with Crippen molar-refractivity contribution in [1.29, 1.82) is 0 Å². The van der Waals surface area contributed by atoms with Crippen molar-refractivity contribution in [3.8, 4) is 5.88 Å². The van der Waals surface area contributed by atoms with Crippen molar-refractivity contribution >= 4 is 11.7 Å². The molecule has 1 fully saturated rings. The molecule has 1 aromatic heterocycles. The van der Waals surface area contributed by atoms with Crippen LogP contribution in [0.2, 0.25) is 0 Å². The number of aromatic nitrogens is 1. The molecule has 0 saturated carbocycles. The van der Waals surface area contributed by atoms with Crippen LogP contribution >= 0.6 is 0 Å². The second-order valence-corrected chi connectivity index (χ2v) is 7.79. The standard InChI is InChI=1S/C20H22F3N3O2/c1-19(2,3)13-4-7-15(8-5-13)25-18(27)26-11-16(12-26)28-17-9-6-14(10-24-17)20(21,22)23/h4-10,16H,11-12H2,1-3H3,(H,25,27). The number of nitrogens with one attached hydrogen (secondary N) is 1. The zero-order valence-electron chi connectivity index (χ0n) is 15.9. The maximum atomic E-state index is 12.5. The smallest absolute Gasteiger partial charge is 0.417 e. The number of hydrogen-bond acceptors (Lipinski definition) is 3. The molecule has 2 heterocycles. The summed E-state index contributed by atoms with van der Waals surface area (Å²) in [6, 6.07) is 9.54. The summed E-state index contributed by atoms with van der Waals surface area (Å²) in [5.41, 5.74) is 1.09. The van der Waals surface area contributed by atoms with Crippen LogP contribution in [0.25, 0.3) is 0 Å². The maximum absolute atomic E-state index is 12.5. The average Bonchev–Trinajstić information content (AvgIpc) is 2.57. The van der Waals surface area contributed by atoms with E-state index >= 15 is 0 Å². The Morgan fingerprint density at radius 2 is 1.68 bits per heavy atom. The summed E-state index contributed by atoms with van der Waals surface area (Å²) < 4.78 is 43.1. The van der Waals surface area contributed by atoms with Gasteiger partial charge in [0.2, 0.25) is 5.88 Å². The van der Waals surface area contributed by atoms with Crippen molar-refractivity contribution in [3.05, 3.63) is 53.7 Å². The fourth-order valence-electron chi connectivity index (χ4n) is 2.72. The number of rotatable bonds is 3. The van der Waals surface area contributed by atoms with Crippen molar-refractivity contribution < 1.29 is 22.7 Å². The van der Waals surface area contributed by atoms with E-state index in [1.807, 2.05) is 24.3 Å². The first-order chi connectivity index (χ1) is 13.0. The monoisotopic (exact) mass is 393 g/mol. The first-order valence-corrected chi connectivity index (χ1v) is 8.89. The number of benzene rings is 1.